The van der Waals surface area contributed by atoms with Gasteiger partial charge in [-0.3, -0.25) is 14.7 Å². The summed E-state index contributed by atoms with van der Waals surface area (Å²) in [4.78, 5) is 31.2. The normalized spacial score (nSPS) is 17.3. The lowest BCUT2D eigenvalue weighted by atomic mass is 9.90. The molecule has 15 heteroatoms. The number of alkyl halides is 6. The van der Waals surface area contributed by atoms with Gasteiger partial charge in [0.05, 0.1) is 12.3 Å². The first-order valence-electron chi connectivity index (χ1n) is 14.5. The molecule has 8 nitrogen and oxygen atoms in total. The largest absolute Gasteiger partial charge is 0.488 e. The quantitative estimate of drug-likeness (QED) is 0.167. The van der Waals surface area contributed by atoms with Crippen molar-refractivity contribution in [3.8, 4) is 17.2 Å². The fourth-order valence-electron chi connectivity index (χ4n) is 5.09. The van der Waals surface area contributed by atoms with Crippen molar-refractivity contribution in [1.82, 2.24) is 15.2 Å². The highest BCUT2D eigenvalue weighted by Gasteiger charge is 2.71. The zero-order valence-electron chi connectivity index (χ0n) is 25.7. The number of pyridine rings is 1. The topological polar surface area (TPSA) is 101 Å². The molecule has 1 saturated heterocycles. The number of benzene rings is 2. The van der Waals surface area contributed by atoms with E-state index in [-0.39, 0.29) is 53.9 Å². The highest BCUT2D eigenvalue weighted by atomic mass is 19.4. The minimum Gasteiger partial charge on any atom is -0.488 e. The van der Waals surface area contributed by atoms with E-state index in [0.29, 0.717) is 24.2 Å². The van der Waals surface area contributed by atoms with Crippen molar-refractivity contribution in [2.24, 2.45) is 0 Å². The third-order valence-electron chi connectivity index (χ3n) is 7.58. The number of nitrogens with one attached hydrogen (secondary N) is 1. The molecule has 1 fully saturated rings. The van der Waals surface area contributed by atoms with Crippen LogP contribution in [0.3, 0.4) is 0 Å². The Balaban J connectivity index is 1.46. The van der Waals surface area contributed by atoms with E-state index < -0.39 is 46.8 Å². The van der Waals surface area contributed by atoms with Crippen molar-refractivity contribution in [2.45, 2.75) is 76.6 Å². The van der Waals surface area contributed by atoms with E-state index in [1.165, 1.54) is 37.4 Å². The summed E-state index contributed by atoms with van der Waals surface area (Å²) in [6, 6.07) is 8.33. The molecule has 3 aromatic rings. The summed E-state index contributed by atoms with van der Waals surface area (Å²) in [5, 5.41) is 12.4. The van der Waals surface area contributed by atoms with Gasteiger partial charge < -0.3 is 19.9 Å². The Labute approximate surface area is 265 Å². The molecular weight excluding hydrogens is 639 g/mol. The lowest BCUT2D eigenvalue weighted by Crippen LogP contribution is -2.53. The molecule has 2 aromatic carbocycles. The Morgan fingerprint density at radius 3 is 2.17 bits per heavy atom. The molecule has 3 amide bonds. The van der Waals surface area contributed by atoms with Gasteiger partial charge in [-0.15, -0.1) is 0 Å². The molecule has 1 aliphatic rings. The van der Waals surface area contributed by atoms with Gasteiger partial charge in [-0.25, -0.2) is 9.18 Å². The summed E-state index contributed by atoms with van der Waals surface area (Å²) < 4.78 is 106. The number of nitrogens with zero attached hydrogens (tertiary/aromatic N) is 2. The number of urea groups is 1. The SMILES string of the molecule is CCCc1cc(C(O)(C(F)(F)F)C(F)(F)F)ccc1Oc1ccc(CCN2C(=O)NC(C)(c3ccc(OC(C)C)c(F)c3)C2=O)nc1. The van der Waals surface area contributed by atoms with Crippen LogP contribution in [0.2, 0.25) is 0 Å². The highest BCUT2D eigenvalue weighted by Crippen LogP contribution is 2.50. The number of ether oxygens (including phenoxy) is 2. The smallest absolute Gasteiger partial charge is 0.430 e. The van der Waals surface area contributed by atoms with E-state index in [4.69, 9.17) is 9.47 Å². The number of amides is 3. The molecule has 47 heavy (non-hydrogen) atoms. The maximum Gasteiger partial charge on any atom is 0.430 e. The van der Waals surface area contributed by atoms with Gasteiger partial charge in [-0.2, -0.15) is 26.3 Å². The van der Waals surface area contributed by atoms with Gasteiger partial charge in [-0.1, -0.05) is 25.5 Å². The van der Waals surface area contributed by atoms with Crippen molar-refractivity contribution in [2.75, 3.05) is 6.54 Å². The molecule has 2 N–H and O–H groups in total. The second-order valence-electron chi connectivity index (χ2n) is 11.4. The summed E-state index contributed by atoms with van der Waals surface area (Å²) in [5.74, 6) is -1.21. The molecule has 0 aliphatic carbocycles. The van der Waals surface area contributed by atoms with Gasteiger partial charge in [0.1, 0.15) is 17.0 Å². The summed E-state index contributed by atoms with van der Waals surface area (Å²) >= 11 is 0. The van der Waals surface area contributed by atoms with Crippen molar-refractivity contribution < 1.29 is 54.9 Å². The maximum atomic E-state index is 14.6. The molecule has 4 rings (SSSR count). The lowest BCUT2D eigenvalue weighted by molar-refractivity contribution is -0.376. The number of carbonyl (C=O) groups is 2. The van der Waals surface area contributed by atoms with Crippen LogP contribution < -0.4 is 14.8 Å². The Kier molecular flexibility index (Phi) is 9.81. The lowest BCUT2D eigenvalue weighted by Gasteiger charge is -2.33. The number of aromatic nitrogens is 1. The first kappa shape index (κ1) is 35.5. The summed E-state index contributed by atoms with van der Waals surface area (Å²) in [6.07, 6.45) is -10.5. The monoisotopic (exact) mass is 671 g/mol. The molecule has 1 atom stereocenters. The van der Waals surface area contributed by atoms with Gasteiger partial charge >= 0.3 is 18.4 Å². The van der Waals surface area contributed by atoms with Gasteiger partial charge in [-0.05, 0) is 74.7 Å². The number of aryl methyl sites for hydroxylation is 1. The first-order valence-corrected chi connectivity index (χ1v) is 14.5. The maximum absolute atomic E-state index is 14.6. The Morgan fingerprint density at radius 1 is 0.957 bits per heavy atom. The fourth-order valence-corrected chi connectivity index (χ4v) is 5.09. The molecule has 0 radical (unpaired) electrons. The van der Waals surface area contributed by atoms with Crippen LogP contribution in [-0.2, 0) is 28.8 Å². The van der Waals surface area contributed by atoms with Crippen LogP contribution in [0.1, 0.15) is 56.5 Å². The Morgan fingerprint density at radius 2 is 1.62 bits per heavy atom. The average molecular weight is 672 g/mol. The van der Waals surface area contributed by atoms with Crippen LogP contribution in [0.5, 0.6) is 17.2 Å². The molecule has 0 spiro atoms. The standard InChI is InChI=1S/C32H32F7N3O5/c1-5-6-19-15-21(30(45,31(34,35)36)32(37,38)39)8-11-25(19)47-23-10-9-22(40-17-23)13-14-42-27(43)29(4,41-28(42)44)20-7-12-26(24(33)16-20)46-18(2)3/h7-12,15-18,45H,5-6,13-14H2,1-4H3,(H,41,44). The number of aliphatic hydroxyl groups is 1. The molecule has 1 aliphatic heterocycles. The minimum atomic E-state index is -6.03. The third kappa shape index (κ3) is 6.99. The van der Waals surface area contributed by atoms with E-state index in [1.54, 1.807) is 20.8 Å². The van der Waals surface area contributed by atoms with Gasteiger partial charge in [0.2, 0.25) is 0 Å². The number of imide groups is 1. The molecule has 1 aromatic heterocycles. The van der Waals surface area contributed by atoms with E-state index in [1.807, 2.05) is 0 Å². The van der Waals surface area contributed by atoms with E-state index in [0.717, 1.165) is 17.0 Å². The van der Waals surface area contributed by atoms with Crippen LogP contribution in [0.4, 0.5) is 35.5 Å². The summed E-state index contributed by atoms with van der Waals surface area (Å²) in [6.45, 7) is 6.52. The first-order chi connectivity index (χ1) is 21.8. The minimum absolute atomic E-state index is 0.00424. The second kappa shape index (κ2) is 13.0. The third-order valence-corrected chi connectivity index (χ3v) is 7.58. The number of halogens is 7. The molecule has 0 saturated carbocycles. The molecule has 0 bridgehead atoms. The van der Waals surface area contributed by atoms with Crippen LogP contribution in [0.25, 0.3) is 0 Å². The predicted molar refractivity (Wildman–Crippen MR) is 154 cm³/mol. The van der Waals surface area contributed by atoms with E-state index in [9.17, 15) is 45.4 Å². The Hall–Kier alpha value is -4.40. The predicted octanol–water partition coefficient (Wildman–Crippen LogP) is 7.07. The highest BCUT2D eigenvalue weighted by molar-refractivity contribution is 6.07. The fraction of sp³-hybridized carbons (Fsp3) is 0.406. The molecule has 254 valence electrons. The number of carbonyl (C=O) groups excluding carboxylic acids is 2. The molecular formula is C32H32F7N3O5. The van der Waals surface area contributed by atoms with Crippen LogP contribution in [-0.4, -0.2) is 51.9 Å². The van der Waals surface area contributed by atoms with Crippen molar-refractivity contribution in [3.63, 3.8) is 0 Å². The summed E-state index contributed by atoms with van der Waals surface area (Å²) in [7, 11) is 0. The van der Waals surface area contributed by atoms with Crippen LogP contribution in [0, 0.1) is 5.82 Å². The number of hydrogen-bond acceptors (Lipinski definition) is 6. The van der Waals surface area contributed by atoms with Gasteiger partial charge in [0, 0.05) is 24.2 Å². The average Bonchev–Trinajstić information content (AvgIpc) is 3.20. The van der Waals surface area contributed by atoms with Crippen LogP contribution in [0.15, 0.2) is 54.7 Å². The van der Waals surface area contributed by atoms with Crippen molar-refractivity contribution in [1.29, 1.82) is 0 Å². The number of rotatable bonds is 11. The number of hydrogen-bond donors (Lipinski definition) is 2. The Bertz CT molecular complexity index is 1610. The van der Waals surface area contributed by atoms with Crippen LogP contribution >= 0.6 is 0 Å². The van der Waals surface area contributed by atoms with E-state index in [2.05, 4.69) is 10.3 Å². The van der Waals surface area contributed by atoms with Gasteiger partial charge in [0.15, 0.2) is 11.6 Å². The van der Waals surface area contributed by atoms with Crippen molar-refractivity contribution in [3.05, 3.63) is 82.9 Å². The molecule has 2 heterocycles. The second-order valence-corrected chi connectivity index (χ2v) is 11.4. The molecule has 1 unspecified atom stereocenters. The van der Waals surface area contributed by atoms with Gasteiger partial charge in [0.25, 0.3) is 11.5 Å². The zero-order valence-corrected chi connectivity index (χ0v) is 25.7. The van der Waals surface area contributed by atoms with Crippen molar-refractivity contribution >= 4 is 11.9 Å². The zero-order chi connectivity index (χ0) is 34.9. The summed E-state index contributed by atoms with van der Waals surface area (Å²) in [5.41, 5.74) is -7.33. The van der Waals surface area contributed by atoms with E-state index >= 15 is 0 Å².